The zero-order valence-corrected chi connectivity index (χ0v) is 21.8. The summed E-state index contributed by atoms with van der Waals surface area (Å²) in [5.41, 5.74) is 4.61. The average Bonchev–Trinajstić information content (AvgIpc) is 3.31. The molecule has 2 amide bonds. The minimum Gasteiger partial charge on any atom is -0.486 e. The highest BCUT2D eigenvalue weighted by atomic mass is 16.5. The second kappa shape index (κ2) is 11.0. The molecule has 1 N–H and O–H groups in total. The number of carbonyl (C=O) groups excluding carboxylic acids is 2. The van der Waals surface area contributed by atoms with Gasteiger partial charge in [-0.15, -0.1) is 0 Å². The van der Waals surface area contributed by atoms with Gasteiger partial charge in [0, 0.05) is 19.0 Å². The van der Waals surface area contributed by atoms with Crippen LogP contribution in [0.25, 0.3) is 0 Å². The van der Waals surface area contributed by atoms with Crippen molar-refractivity contribution in [3.05, 3.63) is 88.4 Å². The zero-order chi connectivity index (χ0) is 25.8. The molecule has 0 saturated carbocycles. The van der Waals surface area contributed by atoms with Crippen molar-refractivity contribution in [3.8, 4) is 5.75 Å². The summed E-state index contributed by atoms with van der Waals surface area (Å²) in [6, 6.07) is 17.8. The van der Waals surface area contributed by atoms with Gasteiger partial charge in [0.05, 0.1) is 6.04 Å². The minimum atomic E-state index is -0.239. The summed E-state index contributed by atoms with van der Waals surface area (Å²) in [5, 5.41) is 2.82. The molecule has 1 atom stereocenters. The molecule has 0 saturated heterocycles. The van der Waals surface area contributed by atoms with Gasteiger partial charge >= 0.3 is 0 Å². The van der Waals surface area contributed by atoms with Crippen LogP contribution in [-0.4, -0.2) is 29.3 Å². The second-order valence-electron chi connectivity index (χ2n) is 10.3. The van der Waals surface area contributed by atoms with Crippen molar-refractivity contribution in [1.82, 2.24) is 10.2 Å². The molecule has 0 unspecified atom stereocenters. The number of nitrogens with zero attached hydrogens (tertiary/aromatic N) is 1. The molecule has 4 rings (SSSR count). The molecule has 0 fully saturated rings. The largest absolute Gasteiger partial charge is 0.486 e. The smallest absolute Gasteiger partial charge is 0.287 e. The van der Waals surface area contributed by atoms with Crippen LogP contribution in [0.15, 0.2) is 59.0 Å². The van der Waals surface area contributed by atoms with Gasteiger partial charge in [-0.3, -0.25) is 9.59 Å². The standard InChI is InChI=1S/C30H36N2O4/c1-19(2)16-28(33)32-15-14-22-10-11-24(17-26(22)29(32)23-8-6-21(5)7-9-23)35-18-25-12-13-27(36-25)30(34)31-20(3)4/h6-13,17,19-20,29H,14-16,18H2,1-5H3,(H,31,34)/t29-/m1/s1. The third kappa shape index (κ3) is 5.99. The van der Waals surface area contributed by atoms with Crippen LogP contribution in [0.4, 0.5) is 0 Å². The number of rotatable bonds is 8. The lowest BCUT2D eigenvalue weighted by Gasteiger charge is -2.38. The minimum absolute atomic E-state index is 0.0336. The Morgan fingerprint density at radius 2 is 1.81 bits per heavy atom. The molecule has 0 spiro atoms. The number of amides is 2. The van der Waals surface area contributed by atoms with Gasteiger partial charge in [0.2, 0.25) is 5.91 Å². The summed E-state index contributed by atoms with van der Waals surface area (Å²) in [6.45, 7) is 10.9. The quantitative estimate of drug-likeness (QED) is 0.433. The van der Waals surface area contributed by atoms with Gasteiger partial charge < -0.3 is 19.4 Å². The fraction of sp³-hybridized carbons (Fsp3) is 0.400. The van der Waals surface area contributed by atoms with Gasteiger partial charge in [-0.1, -0.05) is 49.7 Å². The molecule has 0 bridgehead atoms. The summed E-state index contributed by atoms with van der Waals surface area (Å²) in [6.07, 6.45) is 1.34. The number of fused-ring (bicyclic) bond motifs is 1. The van der Waals surface area contributed by atoms with Crippen LogP contribution in [0.1, 0.15) is 78.7 Å². The predicted octanol–water partition coefficient (Wildman–Crippen LogP) is 5.83. The fourth-order valence-corrected chi connectivity index (χ4v) is 4.59. The highest BCUT2D eigenvalue weighted by molar-refractivity contribution is 5.91. The van der Waals surface area contributed by atoms with E-state index in [2.05, 4.69) is 56.4 Å². The Kier molecular flexibility index (Phi) is 7.82. The first kappa shape index (κ1) is 25.5. The predicted molar refractivity (Wildman–Crippen MR) is 140 cm³/mol. The van der Waals surface area contributed by atoms with Crippen LogP contribution < -0.4 is 10.1 Å². The number of furan rings is 1. The van der Waals surface area contributed by atoms with E-state index in [1.807, 2.05) is 30.9 Å². The molecule has 0 radical (unpaired) electrons. The van der Waals surface area contributed by atoms with E-state index in [0.717, 1.165) is 17.5 Å². The number of hydrogen-bond acceptors (Lipinski definition) is 4. The van der Waals surface area contributed by atoms with Gasteiger partial charge in [-0.05, 0) is 74.1 Å². The van der Waals surface area contributed by atoms with Crippen molar-refractivity contribution in [2.75, 3.05) is 6.54 Å². The Morgan fingerprint density at radius 1 is 1.06 bits per heavy atom. The van der Waals surface area contributed by atoms with Crippen molar-refractivity contribution < 1.29 is 18.7 Å². The van der Waals surface area contributed by atoms with E-state index in [0.29, 0.717) is 30.4 Å². The average molecular weight is 489 g/mol. The molecule has 6 heteroatoms. The third-order valence-electron chi connectivity index (χ3n) is 6.33. The molecule has 0 aliphatic carbocycles. The first-order valence-corrected chi connectivity index (χ1v) is 12.7. The van der Waals surface area contributed by atoms with Gasteiger partial charge in [0.15, 0.2) is 5.76 Å². The van der Waals surface area contributed by atoms with Crippen molar-refractivity contribution in [2.24, 2.45) is 5.92 Å². The first-order valence-electron chi connectivity index (χ1n) is 12.7. The van der Waals surface area contributed by atoms with Crippen LogP contribution in [0.2, 0.25) is 0 Å². The molecule has 2 heterocycles. The molecular weight excluding hydrogens is 452 g/mol. The molecule has 2 aromatic carbocycles. The molecular formula is C30H36N2O4. The molecule has 1 aliphatic rings. The maximum absolute atomic E-state index is 13.2. The van der Waals surface area contributed by atoms with E-state index < -0.39 is 0 Å². The van der Waals surface area contributed by atoms with Crippen molar-refractivity contribution in [3.63, 3.8) is 0 Å². The van der Waals surface area contributed by atoms with Gasteiger partial charge in [-0.25, -0.2) is 0 Å². The molecule has 6 nitrogen and oxygen atoms in total. The lowest BCUT2D eigenvalue weighted by Crippen LogP contribution is -2.41. The third-order valence-corrected chi connectivity index (χ3v) is 6.33. The lowest BCUT2D eigenvalue weighted by atomic mass is 9.87. The topological polar surface area (TPSA) is 71.8 Å². The van der Waals surface area contributed by atoms with Crippen LogP contribution in [0, 0.1) is 12.8 Å². The molecule has 190 valence electrons. The van der Waals surface area contributed by atoms with Crippen molar-refractivity contribution >= 4 is 11.8 Å². The summed E-state index contributed by atoms with van der Waals surface area (Å²) in [7, 11) is 0. The fourth-order valence-electron chi connectivity index (χ4n) is 4.59. The first-order chi connectivity index (χ1) is 17.2. The number of hydrogen-bond donors (Lipinski definition) is 1. The number of aryl methyl sites for hydroxylation is 1. The lowest BCUT2D eigenvalue weighted by molar-refractivity contribution is -0.134. The molecule has 1 aromatic heterocycles. The van der Waals surface area contributed by atoms with Gasteiger partial charge in [-0.2, -0.15) is 0 Å². The van der Waals surface area contributed by atoms with Crippen molar-refractivity contribution in [1.29, 1.82) is 0 Å². The maximum atomic E-state index is 13.2. The normalized spacial score (nSPS) is 15.2. The van der Waals surface area contributed by atoms with Gasteiger partial charge in [0.1, 0.15) is 18.1 Å². The Morgan fingerprint density at radius 3 is 2.50 bits per heavy atom. The van der Waals surface area contributed by atoms with E-state index in [9.17, 15) is 9.59 Å². The summed E-state index contributed by atoms with van der Waals surface area (Å²) in [5.74, 6) is 1.78. The Hall–Kier alpha value is -3.54. The van der Waals surface area contributed by atoms with Gasteiger partial charge in [0.25, 0.3) is 5.91 Å². The Labute approximate surface area is 213 Å². The van der Waals surface area contributed by atoms with Crippen LogP contribution in [0.5, 0.6) is 5.75 Å². The number of nitrogens with one attached hydrogen (secondary N) is 1. The van der Waals surface area contributed by atoms with E-state index in [1.165, 1.54) is 11.1 Å². The second-order valence-corrected chi connectivity index (χ2v) is 10.3. The van der Waals surface area contributed by atoms with E-state index >= 15 is 0 Å². The summed E-state index contributed by atoms with van der Waals surface area (Å²) < 4.78 is 11.7. The Bertz CT molecular complexity index is 1210. The number of ether oxygens (including phenoxy) is 1. The van der Waals surface area contributed by atoms with Crippen LogP contribution >= 0.6 is 0 Å². The number of benzene rings is 2. The zero-order valence-electron chi connectivity index (χ0n) is 21.8. The highest BCUT2D eigenvalue weighted by Gasteiger charge is 2.32. The van der Waals surface area contributed by atoms with E-state index in [1.54, 1.807) is 12.1 Å². The summed E-state index contributed by atoms with van der Waals surface area (Å²) in [4.78, 5) is 27.4. The van der Waals surface area contributed by atoms with E-state index in [4.69, 9.17) is 9.15 Å². The highest BCUT2D eigenvalue weighted by Crippen LogP contribution is 2.38. The monoisotopic (exact) mass is 488 g/mol. The summed E-state index contributed by atoms with van der Waals surface area (Å²) >= 11 is 0. The SMILES string of the molecule is Cc1ccc([C@@H]2c3cc(OCc4ccc(C(=O)NC(C)C)o4)ccc3CCN2C(=O)CC(C)C)cc1. The van der Waals surface area contributed by atoms with E-state index in [-0.39, 0.29) is 36.3 Å². The Balaban J connectivity index is 1.58. The number of carbonyl (C=O) groups is 2. The molecule has 3 aromatic rings. The molecule has 36 heavy (non-hydrogen) atoms. The molecule has 1 aliphatic heterocycles. The van der Waals surface area contributed by atoms with Crippen LogP contribution in [-0.2, 0) is 17.8 Å². The van der Waals surface area contributed by atoms with Crippen LogP contribution in [0.3, 0.4) is 0 Å². The van der Waals surface area contributed by atoms with Crippen molar-refractivity contribution in [2.45, 2.75) is 66.2 Å². The maximum Gasteiger partial charge on any atom is 0.287 e.